The van der Waals surface area contributed by atoms with Gasteiger partial charge in [0.1, 0.15) is 6.29 Å². The van der Waals surface area contributed by atoms with Crippen LogP contribution in [0.25, 0.3) is 11.4 Å². The Kier molecular flexibility index (Phi) is 4.78. The molecule has 2 aromatic rings. The maximum atomic E-state index is 10.6. The SMILES string of the molecule is CCCCCc1cnc(-c2ccc(C=O)cc2)nc1. The van der Waals surface area contributed by atoms with Gasteiger partial charge in [0.25, 0.3) is 0 Å². The normalized spacial score (nSPS) is 10.4. The summed E-state index contributed by atoms with van der Waals surface area (Å²) in [5, 5.41) is 0. The summed E-state index contributed by atoms with van der Waals surface area (Å²) in [6, 6.07) is 7.30. The summed E-state index contributed by atoms with van der Waals surface area (Å²) in [5.41, 5.74) is 2.78. The smallest absolute Gasteiger partial charge is 0.159 e. The summed E-state index contributed by atoms with van der Waals surface area (Å²) in [6.07, 6.45) is 9.32. The zero-order valence-corrected chi connectivity index (χ0v) is 11.2. The number of hydrogen-bond donors (Lipinski definition) is 0. The molecule has 0 spiro atoms. The molecule has 0 N–H and O–H groups in total. The van der Waals surface area contributed by atoms with Crippen molar-refractivity contribution in [2.45, 2.75) is 32.6 Å². The van der Waals surface area contributed by atoms with Crippen LogP contribution in [0, 0.1) is 0 Å². The molecule has 3 heteroatoms. The molecule has 0 saturated heterocycles. The number of hydrogen-bond acceptors (Lipinski definition) is 3. The second kappa shape index (κ2) is 6.78. The summed E-state index contributed by atoms with van der Waals surface area (Å²) in [5.74, 6) is 0.705. The first kappa shape index (κ1) is 13.4. The Morgan fingerprint density at radius 2 is 1.74 bits per heavy atom. The number of carbonyl (C=O) groups excluding carboxylic acids is 1. The van der Waals surface area contributed by atoms with Crippen molar-refractivity contribution in [2.24, 2.45) is 0 Å². The molecule has 0 bridgehead atoms. The lowest BCUT2D eigenvalue weighted by Crippen LogP contribution is -1.93. The lowest BCUT2D eigenvalue weighted by atomic mass is 10.1. The molecule has 2 rings (SSSR count). The zero-order chi connectivity index (χ0) is 13.5. The number of nitrogens with zero attached hydrogens (tertiary/aromatic N) is 2. The van der Waals surface area contributed by atoms with Gasteiger partial charge >= 0.3 is 0 Å². The Balaban J connectivity index is 2.06. The molecule has 1 heterocycles. The minimum absolute atomic E-state index is 0.667. The van der Waals surface area contributed by atoms with Gasteiger partial charge in [-0.25, -0.2) is 9.97 Å². The summed E-state index contributed by atoms with van der Waals surface area (Å²) in [4.78, 5) is 19.4. The first-order chi connectivity index (χ1) is 9.33. The van der Waals surface area contributed by atoms with Crippen molar-refractivity contribution in [3.63, 3.8) is 0 Å². The van der Waals surface area contributed by atoms with E-state index >= 15 is 0 Å². The molecule has 0 aliphatic carbocycles. The van der Waals surface area contributed by atoms with Crippen molar-refractivity contribution in [2.75, 3.05) is 0 Å². The van der Waals surface area contributed by atoms with Crippen LogP contribution in [-0.2, 0) is 6.42 Å². The van der Waals surface area contributed by atoms with Crippen LogP contribution in [-0.4, -0.2) is 16.3 Å². The summed E-state index contributed by atoms with van der Waals surface area (Å²) in [7, 11) is 0. The zero-order valence-electron chi connectivity index (χ0n) is 11.2. The number of aryl methyl sites for hydroxylation is 1. The van der Waals surface area contributed by atoms with E-state index < -0.39 is 0 Å². The first-order valence-corrected chi connectivity index (χ1v) is 6.70. The summed E-state index contributed by atoms with van der Waals surface area (Å²) >= 11 is 0. The number of benzene rings is 1. The largest absolute Gasteiger partial charge is 0.298 e. The minimum atomic E-state index is 0.667. The van der Waals surface area contributed by atoms with Crippen LogP contribution in [0.2, 0.25) is 0 Å². The molecule has 1 aromatic heterocycles. The monoisotopic (exact) mass is 254 g/mol. The molecule has 0 radical (unpaired) electrons. The Hall–Kier alpha value is -2.03. The number of aromatic nitrogens is 2. The Morgan fingerprint density at radius 3 is 2.32 bits per heavy atom. The Bertz CT molecular complexity index is 517. The molecule has 1 aromatic carbocycles. The van der Waals surface area contributed by atoms with Gasteiger partial charge < -0.3 is 0 Å². The third kappa shape index (κ3) is 3.71. The van der Waals surface area contributed by atoms with E-state index in [-0.39, 0.29) is 0 Å². The highest BCUT2D eigenvalue weighted by Crippen LogP contribution is 2.15. The molecule has 19 heavy (non-hydrogen) atoms. The number of aldehydes is 1. The van der Waals surface area contributed by atoms with E-state index in [9.17, 15) is 4.79 Å². The minimum Gasteiger partial charge on any atom is -0.298 e. The second-order valence-corrected chi connectivity index (χ2v) is 4.61. The van der Waals surface area contributed by atoms with Crippen LogP contribution in [0.15, 0.2) is 36.7 Å². The predicted molar refractivity (Wildman–Crippen MR) is 76.1 cm³/mol. The van der Waals surface area contributed by atoms with Gasteiger partial charge in [-0.3, -0.25) is 4.79 Å². The van der Waals surface area contributed by atoms with Crippen LogP contribution < -0.4 is 0 Å². The van der Waals surface area contributed by atoms with Crippen molar-refractivity contribution in [1.82, 2.24) is 9.97 Å². The van der Waals surface area contributed by atoms with E-state index in [1.165, 1.54) is 24.8 Å². The van der Waals surface area contributed by atoms with Crippen LogP contribution in [0.5, 0.6) is 0 Å². The van der Waals surface area contributed by atoms with Gasteiger partial charge in [-0.1, -0.05) is 44.0 Å². The topological polar surface area (TPSA) is 42.9 Å². The van der Waals surface area contributed by atoms with Gasteiger partial charge in [0.2, 0.25) is 0 Å². The Labute approximate surface area is 113 Å². The molecule has 0 amide bonds. The lowest BCUT2D eigenvalue weighted by Gasteiger charge is -2.03. The molecule has 0 fully saturated rings. The fourth-order valence-electron chi connectivity index (χ4n) is 1.92. The standard InChI is InChI=1S/C16H18N2O/c1-2-3-4-5-14-10-17-16(18-11-14)15-8-6-13(12-19)7-9-15/h6-12H,2-5H2,1H3. The van der Waals surface area contributed by atoms with E-state index in [1.54, 1.807) is 12.1 Å². The van der Waals surface area contributed by atoms with Crippen LogP contribution in [0.3, 0.4) is 0 Å². The van der Waals surface area contributed by atoms with E-state index in [0.29, 0.717) is 11.4 Å². The van der Waals surface area contributed by atoms with Crippen molar-refractivity contribution in [3.05, 3.63) is 47.8 Å². The molecule has 98 valence electrons. The number of unbranched alkanes of at least 4 members (excludes halogenated alkanes) is 2. The molecular weight excluding hydrogens is 236 g/mol. The quantitative estimate of drug-likeness (QED) is 0.583. The van der Waals surface area contributed by atoms with E-state index in [1.807, 2.05) is 24.5 Å². The Morgan fingerprint density at radius 1 is 1.05 bits per heavy atom. The summed E-state index contributed by atoms with van der Waals surface area (Å²) in [6.45, 7) is 2.20. The summed E-state index contributed by atoms with van der Waals surface area (Å²) < 4.78 is 0. The third-order valence-electron chi connectivity index (χ3n) is 3.08. The van der Waals surface area contributed by atoms with Gasteiger partial charge in [0, 0.05) is 23.5 Å². The van der Waals surface area contributed by atoms with Gasteiger partial charge in [0.05, 0.1) is 0 Å². The van der Waals surface area contributed by atoms with Crippen LogP contribution in [0.4, 0.5) is 0 Å². The molecule has 3 nitrogen and oxygen atoms in total. The predicted octanol–water partition coefficient (Wildman–Crippen LogP) is 3.69. The molecule has 0 aliphatic rings. The molecule has 0 atom stereocenters. The van der Waals surface area contributed by atoms with E-state index in [2.05, 4.69) is 16.9 Å². The van der Waals surface area contributed by atoms with Crippen LogP contribution in [0.1, 0.15) is 42.1 Å². The fraction of sp³-hybridized carbons (Fsp3) is 0.312. The molecule has 0 aliphatic heterocycles. The van der Waals surface area contributed by atoms with E-state index in [4.69, 9.17) is 0 Å². The molecular formula is C16H18N2O. The fourth-order valence-corrected chi connectivity index (χ4v) is 1.92. The highest BCUT2D eigenvalue weighted by atomic mass is 16.1. The van der Waals surface area contributed by atoms with E-state index in [0.717, 1.165) is 18.3 Å². The molecule has 0 saturated carbocycles. The van der Waals surface area contributed by atoms with Gasteiger partial charge in [-0.05, 0) is 18.4 Å². The van der Waals surface area contributed by atoms with Crippen LogP contribution >= 0.6 is 0 Å². The van der Waals surface area contributed by atoms with Crippen molar-refractivity contribution in [1.29, 1.82) is 0 Å². The van der Waals surface area contributed by atoms with Gasteiger partial charge in [-0.2, -0.15) is 0 Å². The average molecular weight is 254 g/mol. The first-order valence-electron chi connectivity index (χ1n) is 6.70. The van der Waals surface area contributed by atoms with Crippen molar-refractivity contribution < 1.29 is 4.79 Å². The molecule has 0 unspecified atom stereocenters. The third-order valence-corrected chi connectivity index (χ3v) is 3.08. The van der Waals surface area contributed by atoms with Gasteiger partial charge in [0.15, 0.2) is 5.82 Å². The number of carbonyl (C=O) groups is 1. The maximum absolute atomic E-state index is 10.6. The number of rotatable bonds is 6. The maximum Gasteiger partial charge on any atom is 0.159 e. The lowest BCUT2D eigenvalue weighted by molar-refractivity contribution is 0.112. The second-order valence-electron chi connectivity index (χ2n) is 4.61. The van der Waals surface area contributed by atoms with Gasteiger partial charge in [-0.15, -0.1) is 0 Å². The highest BCUT2D eigenvalue weighted by Gasteiger charge is 2.01. The highest BCUT2D eigenvalue weighted by molar-refractivity contribution is 5.76. The average Bonchev–Trinajstić information content (AvgIpc) is 2.48. The van der Waals surface area contributed by atoms with Crippen molar-refractivity contribution in [3.8, 4) is 11.4 Å². The van der Waals surface area contributed by atoms with Crippen molar-refractivity contribution >= 4 is 6.29 Å².